The number of epoxide rings is 1. The lowest BCUT2D eigenvalue weighted by atomic mass is 10.2. The molecule has 1 aromatic carbocycles. The molecule has 0 saturated carbocycles. The van der Waals surface area contributed by atoms with Gasteiger partial charge in [-0.25, -0.2) is 0 Å². The van der Waals surface area contributed by atoms with Gasteiger partial charge in [0, 0.05) is 19.4 Å². The van der Waals surface area contributed by atoms with E-state index < -0.39 is 5.79 Å². The second kappa shape index (κ2) is 5.91. The van der Waals surface area contributed by atoms with E-state index in [4.69, 9.17) is 23.8 Å². The van der Waals surface area contributed by atoms with Crippen molar-refractivity contribution in [3.05, 3.63) is 29.8 Å². The summed E-state index contributed by atoms with van der Waals surface area (Å²) in [7, 11) is 0. The number of rotatable bonds is 7. The molecule has 6 heteroatoms. The smallest absolute Gasteiger partial charge is 0.271 e. The molecule has 0 N–H and O–H groups in total. The first-order chi connectivity index (χ1) is 10.1. The number of ether oxygens (including phenoxy) is 4. The Morgan fingerprint density at radius 3 is 2.62 bits per heavy atom. The van der Waals surface area contributed by atoms with E-state index in [-0.39, 0.29) is 0 Å². The highest BCUT2D eigenvalue weighted by Crippen LogP contribution is 2.23. The molecule has 114 valence electrons. The van der Waals surface area contributed by atoms with Gasteiger partial charge in [-0.05, 0) is 29.4 Å². The van der Waals surface area contributed by atoms with Crippen LogP contribution in [0.15, 0.2) is 29.4 Å². The number of nitrogens with zero attached hydrogens (tertiary/aromatic N) is 1. The van der Waals surface area contributed by atoms with Crippen molar-refractivity contribution in [2.75, 3.05) is 26.4 Å². The monoisotopic (exact) mass is 293 g/mol. The summed E-state index contributed by atoms with van der Waals surface area (Å²) in [5, 5.41) is 3.92. The van der Waals surface area contributed by atoms with Gasteiger partial charge in [0.25, 0.3) is 11.7 Å². The second-order valence-corrected chi connectivity index (χ2v) is 5.39. The van der Waals surface area contributed by atoms with Crippen molar-refractivity contribution >= 4 is 5.90 Å². The molecular formula is C15H19NO5. The molecule has 1 saturated heterocycles. The van der Waals surface area contributed by atoms with Gasteiger partial charge in [-0.2, -0.15) is 0 Å². The van der Waals surface area contributed by atoms with Crippen molar-refractivity contribution in [2.24, 2.45) is 5.16 Å². The van der Waals surface area contributed by atoms with Gasteiger partial charge in [0.1, 0.15) is 18.5 Å². The van der Waals surface area contributed by atoms with Crippen LogP contribution in [0.3, 0.4) is 0 Å². The van der Waals surface area contributed by atoms with Crippen molar-refractivity contribution in [2.45, 2.75) is 25.7 Å². The number of hydrogen-bond donors (Lipinski definition) is 0. The van der Waals surface area contributed by atoms with Crippen LogP contribution in [0.1, 0.15) is 19.4 Å². The van der Waals surface area contributed by atoms with Gasteiger partial charge >= 0.3 is 0 Å². The van der Waals surface area contributed by atoms with Crippen molar-refractivity contribution in [3.8, 4) is 5.75 Å². The van der Waals surface area contributed by atoms with E-state index in [0.29, 0.717) is 31.8 Å². The summed E-state index contributed by atoms with van der Waals surface area (Å²) in [6.07, 6.45) is 0.294. The predicted molar refractivity (Wildman–Crippen MR) is 75.3 cm³/mol. The molecule has 0 spiro atoms. The standard InChI is InChI=1S/C15H19NO5/c1-15(2)20-14(16-21-15)11-3-5-12(6-4-11)18-8-7-17-9-13-10-19-13/h3-6,13H,7-10H2,1-2H3. The van der Waals surface area contributed by atoms with Crippen molar-refractivity contribution in [1.29, 1.82) is 0 Å². The molecule has 21 heavy (non-hydrogen) atoms. The van der Waals surface area contributed by atoms with Crippen LogP contribution < -0.4 is 4.74 Å². The lowest BCUT2D eigenvalue weighted by molar-refractivity contribution is -0.128. The predicted octanol–water partition coefficient (Wildman–Crippen LogP) is 1.93. The fourth-order valence-electron chi connectivity index (χ4n) is 1.82. The zero-order chi connectivity index (χ0) is 14.7. The van der Waals surface area contributed by atoms with Gasteiger partial charge in [0.2, 0.25) is 0 Å². The van der Waals surface area contributed by atoms with Gasteiger partial charge in [-0.1, -0.05) is 0 Å². The molecule has 1 fully saturated rings. The molecule has 1 unspecified atom stereocenters. The van der Waals surface area contributed by atoms with E-state index in [0.717, 1.165) is 17.9 Å². The minimum absolute atomic E-state index is 0.294. The van der Waals surface area contributed by atoms with E-state index in [2.05, 4.69) is 5.16 Å². The highest BCUT2D eigenvalue weighted by atomic mass is 16.8. The first-order valence-corrected chi connectivity index (χ1v) is 7.00. The third-order valence-corrected chi connectivity index (χ3v) is 2.99. The summed E-state index contributed by atoms with van der Waals surface area (Å²) < 4.78 is 21.6. The zero-order valence-electron chi connectivity index (χ0n) is 12.2. The van der Waals surface area contributed by atoms with Crippen LogP contribution in [-0.2, 0) is 19.0 Å². The SMILES string of the molecule is CC1(C)ON=C(c2ccc(OCCOCC3CO3)cc2)O1. The highest BCUT2D eigenvalue weighted by molar-refractivity contribution is 5.94. The van der Waals surface area contributed by atoms with E-state index in [1.165, 1.54) is 0 Å². The molecule has 2 heterocycles. The molecule has 2 aliphatic heterocycles. The fourth-order valence-corrected chi connectivity index (χ4v) is 1.82. The maximum absolute atomic E-state index is 5.59. The second-order valence-electron chi connectivity index (χ2n) is 5.39. The third-order valence-electron chi connectivity index (χ3n) is 2.99. The molecule has 0 radical (unpaired) electrons. The summed E-state index contributed by atoms with van der Waals surface area (Å²) in [5.74, 6) is 0.565. The molecule has 2 aliphatic rings. The summed E-state index contributed by atoms with van der Waals surface area (Å²) in [6, 6.07) is 7.52. The Morgan fingerprint density at radius 1 is 1.24 bits per heavy atom. The van der Waals surface area contributed by atoms with Crippen molar-refractivity contribution in [1.82, 2.24) is 0 Å². The summed E-state index contributed by atoms with van der Waals surface area (Å²) in [5.41, 5.74) is 0.857. The first kappa shape index (κ1) is 14.2. The minimum atomic E-state index is -0.701. The Bertz CT molecular complexity index is 507. The molecule has 3 rings (SSSR count). The lowest BCUT2D eigenvalue weighted by Crippen LogP contribution is -2.22. The maximum atomic E-state index is 5.59. The molecular weight excluding hydrogens is 274 g/mol. The number of oxime groups is 1. The Kier molecular flexibility index (Phi) is 3.98. The van der Waals surface area contributed by atoms with Crippen LogP contribution in [0.5, 0.6) is 5.75 Å². The van der Waals surface area contributed by atoms with Gasteiger partial charge in [-0.15, -0.1) is 0 Å². The average molecular weight is 293 g/mol. The van der Waals surface area contributed by atoms with E-state index in [1.807, 2.05) is 38.1 Å². The van der Waals surface area contributed by atoms with Gasteiger partial charge in [0.15, 0.2) is 0 Å². The van der Waals surface area contributed by atoms with Crippen molar-refractivity contribution in [3.63, 3.8) is 0 Å². The molecule has 1 atom stereocenters. The number of hydrogen-bond acceptors (Lipinski definition) is 6. The van der Waals surface area contributed by atoms with E-state index in [1.54, 1.807) is 0 Å². The van der Waals surface area contributed by atoms with Crippen LogP contribution in [0.2, 0.25) is 0 Å². The molecule has 0 aliphatic carbocycles. The van der Waals surface area contributed by atoms with Crippen LogP contribution in [0.25, 0.3) is 0 Å². The molecule has 0 aromatic heterocycles. The van der Waals surface area contributed by atoms with Crippen LogP contribution in [0, 0.1) is 0 Å². The third kappa shape index (κ3) is 4.09. The molecule has 1 aromatic rings. The summed E-state index contributed by atoms with van der Waals surface area (Å²) in [6.45, 7) is 6.16. The normalized spacial score (nSPS) is 22.2. The van der Waals surface area contributed by atoms with E-state index >= 15 is 0 Å². The zero-order valence-corrected chi connectivity index (χ0v) is 12.2. The van der Waals surface area contributed by atoms with Crippen LogP contribution in [-0.4, -0.2) is 44.2 Å². The Labute approximate surface area is 123 Å². The average Bonchev–Trinajstić information content (AvgIpc) is 3.22. The summed E-state index contributed by atoms with van der Waals surface area (Å²) in [4.78, 5) is 5.16. The highest BCUT2D eigenvalue weighted by Gasteiger charge is 2.30. The topological polar surface area (TPSA) is 61.8 Å². The minimum Gasteiger partial charge on any atom is -0.491 e. The Balaban J connectivity index is 1.43. The summed E-state index contributed by atoms with van der Waals surface area (Å²) >= 11 is 0. The van der Waals surface area contributed by atoms with Crippen LogP contribution in [0.4, 0.5) is 0 Å². The quantitative estimate of drug-likeness (QED) is 0.568. The van der Waals surface area contributed by atoms with Gasteiger partial charge in [-0.3, -0.25) is 0 Å². The Morgan fingerprint density at radius 2 is 2.00 bits per heavy atom. The van der Waals surface area contributed by atoms with Crippen molar-refractivity contribution < 1.29 is 23.8 Å². The largest absolute Gasteiger partial charge is 0.491 e. The van der Waals surface area contributed by atoms with E-state index in [9.17, 15) is 0 Å². The number of benzene rings is 1. The fraction of sp³-hybridized carbons (Fsp3) is 0.533. The van der Waals surface area contributed by atoms with Gasteiger partial charge in [0.05, 0.1) is 19.8 Å². The Hall–Kier alpha value is -1.79. The molecule has 0 bridgehead atoms. The van der Waals surface area contributed by atoms with Gasteiger partial charge < -0.3 is 23.8 Å². The molecule has 6 nitrogen and oxygen atoms in total. The maximum Gasteiger partial charge on any atom is 0.271 e. The molecule has 0 amide bonds. The first-order valence-electron chi connectivity index (χ1n) is 7.00. The van der Waals surface area contributed by atoms with Crippen LogP contribution >= 0.6 is 0 Å². The lowest BCUT2D eigenvalue weighted by Gasteiger charge is -2.14.